The summed E-state index contributed by atoms with van der Waals surface area (Å²) in [6.07, 6.45) is 0. The Morgan fingerprint density at radius 1 is 0.788 bits per heavy atom. The molecule has 0 bridgehead atoms. The molecule has 0 saturated heterocycles. The zero-order chi connectivity index (χ0) is 24.4. The zero-order valence-corrected chi connectivity index (χ0v) is 25.3. The third kappa shape index (κ3) is 28.5. The van der Waals surface area contributed by atoms with Crippen molar-refractivity contribution in [3.8, 4) is 0 Å². The van der Waals surface area contributed by atoms with Gasteiger partial charge in [0.15, 0.2) is 10.2 Å². The van der Waals surface area contributed by atoms with E-state index in [2.05, 4.69) is 0 Å². The van der Waals surface area contributed by atoms with Crippen LogP contribution in [0.15, 0.2) is 0 Å². The minimum absolute atomic E-state index is 0.0555. The van der Waals surface area contributed by atoms with Gasteiger partial charge in [-0.2, -0.15) is 11.8 Å². The second-order valence-electron chi connectivity index (χ2n) is 5.21. The second-order valence-corrected chi connectivity index (χ2v) is 16.3. The number of thioether (sulfide) groups is 8. The van der Waals surface area contributed by atoms with E-state index in [0.29, 0.717) is 50.8 Å². The van der Waals surface area contributed by atoms with Gasteiger partial charge in [0.1, 0.15) is 17.6 Å². The van der Waals surface area contributed by atoms with Crippen LogP contribution in [0, 0.1) is 0 Å². The lowest BCUT2D eigenvalue weighted by Crippen LogP contribution is -2.13. The van der Waals surface area contributed by atoms with Gasteiger partial charge < -0.3 is 19.5 Å². The molecule has 0 aliphatic rings. The van der Waals surface area contributed by atoms with Gasteiger partial charge in [-0.1, -0.05) is 23.5 Å². The summed E-state index contributed by atoms with van der Waals surface area (Å²) in [5.74, 6) is 2.95. The molecule has 0 spiro atoms. The summed E-state index contributed by atoms with van der Waals surface area (Å²) in [5.41, 5.74) is 0. The highest BCUT2D eigenvalue weighted by Crippen LogP contribution is 2.18. The molecule has 0 aromatic carbocycles. The number of hydrogen-bond acceptors (Lipinski definition) is 16. The lowest BCUT2D eigenvalue weighted by molar-refractivity contribution is -0.274. The number of rotatable bonds is 25. The maximum Gasteiger partial charge on any atom is 0.316 e. The van der Waals surface area contributed by atoms with Gasteiger partial charge in [0.05, 0.1) is 35.1 Å². The van der Waals surface area contributed by atoms with Crippen molar-refractivity contribution in [3.05, 3.63) is 0 Å². The summed E-state index contributed by atoms with van der Waals surface area (Å²) < 4.78 is 17.0. The van der Waals surface area contributed by atoms with E-state index < -0.39 is 11.2 Å². The van der Waals surface area contributed by atoms with E-state index in [0.717, 1.165) is 5.08 Å². The largest absolute Gasteiger partial charge is 0.616 e. The van der Waals surface area contributed by atoms with E-state index in [1.807, 2.05) is 0 Å². The first-order valence-electron chi connectivity index (χ1n) is 9.26. The van der Waals surface area contributed by atoms with E-state index in [-0.39, 0.29) is 34.7 Å². The average Bonchev–Trinajstić information content (AvgIpc) is 2.80. The van der Waals surface area contributed by atoms with Crippen LogP contribution in [0.4, 0.5) is 0 Å². The Balaban J connectivity index is 3.38. The fraction of sp³-hybridized carbons (Fsp3) is 0.875. The van der Waals surface area contributed by atoms with Crippen molar-refractivity contribution < 1.29 is 38.9 Å². The lowest BCUT2D eigenvalue weighted by Gasteiger charge is -2.10. The SMILES string of the molecule is O=C(CSCC[S+]([O-])CSCSC(=O)CSCCOOCSCSCO)OCSCSCO. The number of esters is 1. The third-order valence-corrected chi connectivity index (χ3v) is 12.6. The van der Waals surface area contributed by atoms with Gasteiger partial charge in [0.2, 0.25) is 0 Å². The molecule has 2 N–H and O–H groups in total. The molecular weight excluding hydrogens is 609 g/mol. The molecule has 0 aliphatic carbocycles. The minimum atomic E-state index is -0.988. The summed E-state index contributed by atoms with van der Waals surface area (Å²) in [6.45, 7) is 0.405. The first kappa shape index (κ1) is 35.1. The molecule has 0 fully saturated rings. The Morgan fingerprint density at radius 3 is 2.21 bits per heavy atom. The number of carbonyl (C=O) groups excluding carboxylic acids is 2. The molecule has 17 heteroatoms. The standard InChI is InChI=1S/C16H30O8S9/c17-7-27-11-29-9-22-15(19)5-26-3-4-33(21)14-31-13-32-16(20)6-25-2-1-23-24-10-30-12-28-8-18/h17-18H,1-14H2. The first-order valence-corrected chi connectivity index (χ1v) is 19.8. The fourth-order valence-corrected chi connectivity index (χ4v) is 9.51. The molecule has 0 aromatic rings. The number of ether oxygens (including phenoxy) is 1. The summed E-state index contributed by atoms with van der Waals surface area (Å²) in [4.78, 5) is 33.3. The molecule has 1 unspecified atom stereocenters. The van der Waals surface area contributed by atoms with Crippen molar-refractivity contribution in [3.63, 3.8) is 0 Å². The van der Waals surface area contributed by atoms with Gasteiger partial charge in [0.25, 0.3) is 0 Å². The van der Waals surface area contributed by atoms with Crippen LogP contribution in [-0.2, 0) is 35.3 Å². The molecule has 8 nitrogen and oxygen atoms in total. The van der Waals surface area contributed by atoms with Crippen LogP contribution in [0.5, 0.6) is 0 Å². The Bertz CT molecular complexity index is 468. The molecule has 0 saturated carbocycles. The van der Waals surface area contributed by atoms with Crippen LogP contribution in [0.1, 0.15) is 0 Å². The third-order valence-electron chi connectivity index (χ3n) is 2.76. The van der Waals surface area contributed by atoms with Crippen molar-refractivity contribution >= 4 is 116 Å². The van der Waals surface area contributed by atoms with E-state index >= 15 is 0 Å². The first-order chi connectivity index (χ1) is 16.1. The predicted molar refractivity (Wildman–Crippen MR) is 155 cm³/mol. The van der Waals surface area contributed by atoms with Crippen LogP contribution in [-0.4, -0.2) is 105 Å². The second kappa shape index (κ2) is 28.7. The Kier molecular flexibility index (Phi) is 30.5. The van der Waals surface area contributed by atoms with E-state index in [1.54, 1.807) is 0 Å². The molecule has 0 heterocycles. The summed E-state index contributed by atoms with van der Waals surface area (Å²) in [6, 6.07) is 0. The molecule has 0 amide bonds. The Labute approximate surface area is 232 Å². The van der Waals surface area contributed by atoms with Crippen molar-refractivity contribution in [1.29, 1.82) is 0 Å². The zero-order valence-electron chi connectivity index (χ0n) is 17.9. The van der Waals surface area contributed by atoms with Crippen molar-refractivity contribution in [2.24, 2.45) is 0 Å². The summed E-state index contributed by atoms with van der Waals surface area (Å²) in [7, 11) is 0. The number of aliphatic hydroxyl groups is 2. The summed E-state index contributed by atoms with van der Waals surface area (Å²) in [5, 5.41) is 19.8. The number of carbonyl (C=O) groups is 2. The maximum absolute atomic E-state index is 12.0. The monoisotopic (exact) mass is 638 g/mol. The number of hydrogen-bond donors (Lipinski definition) is 2. The lowest BCUT2D eigenvalue weighted by atomic mass is 10.8. The fourth-order valence-electron chi connectivity index (χ4n) is 1.43. The van der Waals surface area contributed by atoms with Crippen molar-refractivity contribution in [1.82, 2.24) is 0 Å². The molecular formula is C16H30O8S9. The van der Waals surface area contributed by atoms with Gasteiger partial charge in [-0.15, -0.1) is 58.8 Å². The van der Waals surface area contributed by atoms with E-state index in [9.17, 15) is 14.1 Å². The van der Waals surface area contributed by atoms with Gasteiger partial charge in [-0.25, -0.2) is 9.78 Å². The summed E-state index contributed by atoms with van der Waals surface area (Å²) >= 11 is 10.3. The van der Waals surface area contributed by atoms with Gasteiger partial charge in [-0.3, -0.25) is 9.59 Å². The Morgan fingerprint density at radius 2 is 1.48 bits per heavy atom. The molecule has 33 heavy (non-hydrogen) atoms. The topological polar surface area (TPSA) is 125 Å². The van der Waals surface area contributed by atoms with Crippen molar-refractivity contribution in [2.45, 2.75) is 0 Å². The molecule has 0 aliphatic heterocycles. The average molecular weight is 639 g/mol. The van der Waals surface area contributed by atoms with Crippen LogP contribution < -0.4 is 0 Å². The Hall–Kier alpha value is 2.09. The smallest absolute Gasteiger partial charge is 0.316 e. The quantitative estimate of drug-likeness (QED) is 0.0379. The van der Waals surface area contributed by atoms with Gasteiger partial charge in [0, 0.05) is 21.7 Å². The maximum atomic E-state index is 12.0. The van der Waals surface area contributed by atoms with Crippen molar-refractivity contribution in [2.75, 3.05) is 79.5 Å². The highest BCUT2D eigenvalue weighted by Gasteiger charge is 2.10. The normalized spacial score (nSPS) is 12.1. The highest BCUT2D eigenvalue weighted by molar-refractivity contribution is 8.27. The van der Waals surface area contributed by atoms with Crippen LogP contribution in [0.3, 0.4) is 0 Å². The van der Waals surface area contributed by atoms with E-state index in [4.69, 9.17) is 24.7 Å². The van der Waals surface area contributed by atoms with Crippen LogP contribution in [0.2, 0.25) is 0 Å². The van der Waals surface area contributed by atoms with Crippen LogP contribution in [0.25, 0.3) is 0 Å². The minimum Gasteiger partial charge on any atom is -0.616 e. The molecule has 196 valence electrons. The molecule has 1 atom stereocenters. The van der Waals surface area contributed by atoms with Crippen LogP contribution >= 0.6 is 94.1 Å². The molecule has 0 aromatic heterocycles. The molecule has 0 radical (unpaired) electrons. The van der Waals surface area contributed by atoms with Gasteiger partial charge in [-0.05, 0) is 11.2 Å². The highest BCUT2D eigenvalue weighted by atomic mass is 32.3. The number of aliphatic hydroxyl groups excluding tert-OH is 2. The van der Waals surface area contributed by atoms with Gasteiger partial charge >= 0.3 is 5.97 Å². The van der Waals surface area contributed by atoms with E-state index in [1.165, 1.54) is 94.1 Å². The predicted octanol–water partition coefficient (Wildman–Crippen LogP) is 3.26. The molecule has 0 rings (SSSR count).